The minimum atomic E-state index is -3.62. The number of carbonyl (C=O) groups excluding carboxylic acids is 1. The number of hydrogen-bond acceptors (Lipinski definition) is 4. The third-order valence-corrected chi connectivity index (χ3v) is 6.83. The molecule has 0 unspecified atom stereocenters. The fourth-order valence-corrected chi connectivity index (χ4v) is 4.43. The summed E-state index contributed by atoms with van der Waals surface area (Å²) < 4.78 is 33.4. The van der Waals surface area contributed by atoms with Gasteiger partial charge in [-0.3, -0.25) is 4.79 Å². The smallest absolute Gasteiger partial charge is 0.255 e. The number of unbranched alkanes of at least 4 members (excludes halogenated alkanes) is 3. The van der Waals surface area contributed by atoms with Crippen molar-refractivity contribution < 1.29 is 17.9 Å². The van der Waals surface area contributed by atoms with Crippen LogP contribution in [0.25, 0.3) is 0 Å². The third kappa shape index (κ3) is 8.01. The van der Waals surface area contributed by atoms with Gasteiger partial charge in [0.1, 0.15) is 5.75 Å². The second kappa shape index (κ2) is 12.9. The summed E-state index contributed by atoms with van der Waals surface area (Å²) in [6, 6.07) is 22.8. The van der Waals surface area contributed by atoms with Gasteiger partial charge in [-0.05, 0) is 66.9 Å². The summed E-state index contributed by atoms with van der Waals surface area (Å²) in [6.07, 6.45) is 5.18. The van der Waals surface area contributed by atoms with Crippen molar-refractivity contribution in [2.24, 2.45) is 0 Å². The van der Waals surface area contributed by atoms with Gasteiger partial charge in [-0.15, -0.1) is 0 Å². The number of benzene rings is 3. The Kier molecular flexibility index (Phi) is 9.67. The first-order chi connectivity index (χ1) is 16.5. The maximum absolute atomic E-state index is 12.5. The van der Waals surface area contributed by atoms with E-state index in [1.165, 1.54) is 25.0 Å². The number of ether oxygens (including phenoxy) is 1. The summed E-state index contributed by atoms with van der Waals surface area (Å²) in [5, 5.41) is 2.79. The topological polar surface area (TPSA) is 84.5 Å². The van der Waals surface area contributed by atoms with Crippen LogP contribution in [0, 0.1) is 0 Å². The molecular weight excluding hydrogens is 448 g/mol. The first-order valence-electron chi connectivity index (χ1n) is 11.7. The summed E-state index contributed by atoms with van der Waals surface area (Å²) in [5.74, 6) is 0.466. The molecule has 7 heteroatoms. The predicted octanol–water partition coefficient (Wildman–Crippen LogP) is 5.42. The van der Waals surface area contributed by atoms with E-state index in [9.17, 15) is 13.2 Å². The lowest BCUT2D eigenvalue weighted by atomic mass is 10.2. The van der Waals surface area contributed by atoms with Crippen LogP contribution in [0.1, 0.15) is 48.5 Å². The minimum Gasteiger partial charge on any atom is -0.494 e. The van der Waals surface area contributed by atoms with Crippen molar-refractivity contribution in [1.82, 2.24) is 4.72 Å². The number of amides is 1. The maximum atomic E-state index is 12.5. The molecule has 3 rings (SSSR count). The Bertz CT molecular complexity index is 1130. The normalized spacial score (nSPS) is 11.2. The SMILES string of the molecule is CCCCCCOc1ccc(C(=O)Nc2ccc(S(=O)(=O)NCCc3ccccc3)cc2)cc1. The number of carbonyl (C=O) groups is 1. The molecule has 0 spiro atoms. The van der Waals surface area contributed by atoms with E-state index in [0.717, 1.165) is 24.2 Å². The molecule has 2 N–H and O–H groups in total. The molecule has 0 radical (unpaired) electrons. The highest BCUT2D eigenvalue weighted by Crippen LogP contribution is 2.17. The zero-order valence-electron chi connectivity index (χ0n) is 19.5. The lowest BCUT2D eigenvalue weighted by molar-refractivity contribution is 0.102. The van der Waals surface area contributed by atoms with Gasteiger partial charge in [0.25, 0.3) is 5.91 Å². The standard InChI is InChI=1S/C27H32N2O4S/c1-2-3-4-8-21-33-25-15-11-23(12-16-25)27(30)29-24-13-17-26(18-14-24)34(31,32)28-20-19-22-9-6-5-7-10-22/h5-7,9-18,28H,2-4,8,19-21H2,1H3,(H,29,30). The Morgan fingerprint density at radius 2 is 1.56 bits per heavy atom. The van der Waals surface area contributed by atoms with E-state index in [1.54, 1.807) is 36.4 Å². The Balaban J connectivity index is 1.49. The Hall–Kier alpha value is -3.16. The second-order valence-electron chi connectivity index (χ2n) is 8.05. The quantitative estimate of drug-likeness (QED) is 0.320. The van der Waals surface area contributed by atoms with Crippen LogP contribution >= 0.6 is 0 Å². The van der Waals surface area contributed by atoms with Gasteiger partial charge >= 0.3 is 0 Å². The van der Waals surface area contributed by atoms with E-state index in [0.29, 0.717) is 30.8 Å². The van der Waals surface area contributed by atoms with Crippen LogP contribution in [0.3, 0.4) is 0 Å². The molecule has 1 amide bonds. The highest BCUT2D eigenvalue weighted by molar-refractivity contribution is 7.89. The van der Waals surface area contributed by atoms with Crippen LogP contribution in [-0.4, -0.2) is 27.5 Å². The number of rotatable bonds is 13. The summed E-state index contributed by atoms with van der Waals surface area (Å²) in [5.41, 5.74) is 2.08. The lowest BCUT2D eigenvalue weighted by Crippen LogP contribution is -2.26. The Morgan fingerprint density at radius 3 is 2.24 bits per heavy atom. The largest absolute Gasteiger partial charge is 0.494 e. The predicted molar refractivity (Wildman–Crippen MR) is 136 cm³/mol. The molecule has 0 aromatic heterocycles. The number of nitrogens with one attached hydrogen (secondary N) is 2. The van der Waals surface area contributed by atoms with Gasteiger partial charge < -0.3 is 10.1 Å². The molecule has 0 aliphatic carbocycles. The minimum absolute atomic E-state index is 0.152. The van der Waals surface area contributed by atoms with Crippen LogP contribution in [0.2, 0.25) is 0 Å². The lowest BCUT2D eigenvalue weighted by Gasteiger charge is -2.10. The fourth-order valence-electron chi connectivity index (χ4n) is 3.40. The molecule has 0 saturated heterocycles. The highest BCUT2D eigenvalue weighted by atomic mass is 32.2. The van der Waals surface area contributed by atoms with Crippen molar-refractivity contribution in [1.29, 1.82) is 0 Å². The van der Waals surface area contributed by atoms with E-state index < -0.39 is 10.0 Å². The molecule has 3 aromatic carbocycles. The van der Waals surface area contributed by atoms with E-state index >= 15 is 0 Å². The molecule has 0 aliphatic heterocycles. The van der Waals surface area contributed by atoms with Gasteiger partial charge in [-0.25, -0.2) is 13.1 Å². The molecule has 0 fully saturated rings. The average Bonchev–Trinajstić information content (AvgIpc) is 2.85. The van der Waals surface area contributed by atoms with Crippen molar-refractivity contribution in [3.63, 3.8) is 0 Å². The zero-order valence-corrected chi connectivity index (χ0v) is 20.3. The third-order valence-electron chi connectivity index (χ3n) is 5.35. The summed E-state index contributed by atoms with van der Waals surface area (Å²) >= 11 is 0. The zero-order chi connectivity index (χ0) is 24.2. The van der Waals surface area contributed by atoms with Crippen LogP contribution in [0.15, 0.2) is 83.8 Å². The van der Waals surface area contributed by atoms with E-state index in [1.807, 2.05) is 30.3 Å². The van der Waals surface area contributed by atoms with Gasteiger partial charge in [0.15, 0.2) is 0 Å². The fraction of sp³-hybridized carbons (Fsp3) is 0.296. The first-order valence-corrected chi connectivity index (χ1v) is 13.1. The van der Waals surface area contributed by atoms with Crippen LogP contribution in [0.4, 0.5) is 5.69 Å². The van der Waals surface area contributed by atoms with Crippen LogP contribution in [-0.2, 0) is 16.4 Å². The average molecular weight is 481 g/mol. The van der Waals surface area contributed by atoms with Crippen molar-refractivity contribution in [3.8, 4) is 5.75 Å². The molecule has 0 atom stereocenters. The molecular formula is C27H32N2O4S. The molecule has 180 valence electrons. The summed E-state index contributed by atoms with van der Waals surface area (Å²) in [4.78, 5) is 12.7. The summed E-state index contributed by atoms with van der Waals surface area (Å²) in [6.45, 7) is 3.15. The Labute approximate surface area is 202 Å². The Morgan fingerprint density at radius 1 is 0.853 bits per heavy atom. The second-order valence-corrected chi connectivity index (χ2v) is 9.81. The van der Waals surface area contributed by atoms with E-state index in [4.69, 9.17) is 4.74 Å². The van der Waals surface area contributed by atoms with E-state index in [-0.39, 0.29) is 10.8 Å². The first kappa shape index (κ1) is 25.5. The molecule has 34 heavy (non-hydrogen) atoms. The molecule has 0 heterocycles. The van der Waals surface area contributed by atoms with Gasteiger partial charge in [0, 0.05) is 17.8 Å². The van der Waals surface area contributed by atoms with Crippen molar-refractivity contribution in [3.05, 3.63) is 90.0 Å². The highest BCUT2D eigenvalue weighted by Gasteiger charge is 2.14. The van der Waals surface area contributed by atoms with Gasteiger partial charge in [0.2, 0.25) is 10.0 Å². The van der Waals surface area contributed by atoms with Gasteiger partial charge in [0.05, 0.1) is 11.5 Å². The van der Waals surface area contributed by atoms with E-state index in [2.05, 4.69) is 17.0 Å². The van der Waals surface area contributed by atoms with Gasteiger partial charge in [-0.1, -0.05) is 56.5 Å². The summed E-state index contributed by atoms with van der Waals surface area (Å²) in [7, 11) is -3.62. The van der Waals surface area contributed by atoms with Crippen molar-refractivity contribution in [2.45, 2.75) is 43.9 Å². The maximum Gasteiger partial charge on any atom is 0.255 e. The van der Waals surface area contributed by atoms with Crippen LogP contribution < -0.4 is 14.8 Å². The molecule has 0 bridgehead atoms. The molecule has 0 aliphatic rings. The van der Waals surface area contributed by atoms with Crippen molar-refractivity contribution in [2.75, 3.05) is 18.5 Å². The molecule has 0 saturated carbocycles. The monoisotopic (exact) mass is 480 g/mol. The number of anilines is 1. The molecule has 6 nitrogen and oxygen atoms in total. The van der Waals surface area contributed by atoms with Crippen LogP contribution in [0.5, 0.6) is 5.75 Å². The van der Waals surface area contributed by atoms with Gasteiger partial charge in [-0.2, -0.15) is 0 Å². The number of sulfonamides is 1. The molecule has 3 aromatic rings. The number of hydrogen-bond donors (Lipinski definition) is 2. The van der Waals surface area contributed by atoms with Crippen molar-refractivity contribution >= 4 is 21.6 Å².